The summed E-state index contributed by atoms with van der Waals surface area (Å²) in [5.74, 6) is 5.14. The lowest BCUT2D eigenvalue weighted by molar-refractivity contribution is 0.500. The topological polar surface area (TPSA) is 38.0 Å². The number of nitrogens with two attached hydrogens (primary N) is 1. The van der Waals surface area contributed by atoms with E-state index in [-0.39, 0.29) is 12.4 Å². The van der Waals surface area contributed by atoms with Gasteiger partial charge in [-0.25, -0.2) is 0 Å². The zero-order valence-corrected chi connectivity index (χ0v) is 6.29. The molecule has 0 saturated heterocycles. The van der Waals surface area contributed by atoms with Crippen LogP contribution in [0.4, 0.5) is 0 Å². The van der Waals surface area contributed by atoms with Gasteiger partial charge < -0.3 is 0 Å². The number of nitrogens with one attached hydrogen (secondary N) is 1. The highest BCUT2D eigenvalue weighted by Gasteiger charge is 1.94. The lowest BCUT2D eigenvalue weighted by atomic mass is 10.2. The number of hydrogen-bond acceptors (Lipinski definition) is 2. The normalized spacial score (nSPS) is 9.00. The largest absolute Gasteiger partial charge is 0.271 e. The summed E-state index contributed by atoms with van der Waals surface area (Å²) in [7, 11) is 0. The van der Waals surface area contributed by atoms with Crippen molar-refractivity contribution in [1.82, 2.24) is 5.43 Å². The van der Waals surface area contributed by atoms with Crippen molar-refractivity contribution in [1.29, 1.82) is 0 Å². The minimum absolute atomic E-state index is 0. The van der Waals surface area contributed by atoms with Gasteiger partial charge in [-0.1, -0.05) is 13.8 Å². The Morgan fingerprint density at radius 1 is 1.38 bits per heavy atom. The molecule has 0 atom stereocenters. The van der Waals surface area contributed by atoms with Crippen LogP contribution in [0.1, 0.15) is 26.7 Å². The molecule has 0 aliphatic carbocycles. The third-order valence-corrected chi connectivity index (χ3v) is 1.22. The Bertz CT molecular complexity index is 31.9. The van der Waals surface area contributed by atoms with E-state index in [1.807, 2.05) is 0 Å². The first-order valence-electron chi connectivity index (χ1n) is 2.81. The molecule has 0 bridgehead atoms. The van der Waals surface area contributed by atoms with Gasteiger partial charge in [0.1, 0.15) is 0 Å². The van der Waals surface area contributed by atoms with Crippen molar-refractivity contribution in [2.45, 2.75) is 32.7 Å². The first-order valence-corrected chi connectivity index (χ1v) is 2.81. The van der Waals surface area contributed by atoms with Gasteiger partial charge in [-0.2, -0.15) is 0 Å². The molecular weight excluding hydrogens is 124 g/mol. The van der Waals surface area contributed by atoms with Crippen LogP contribution in [0.15, 0.2) is 0 Å². The maximum Gasteiger partial charge on any atom is 0.0205 e. The molecule has 0 spiro atoms. The Morgan fingerprint density at radius 3 is 1.75 bits per heavy atom. The molecule has 0 aromatic heterocycles. The Hall–Kier alpha value is 0.210. The highest BCUT2D eigenvalue weighted by atomic mass is 35.5. The van der Waals surface area contributed by atoms with Gasteiger partial charge >= 0.3 is 0 Å². The molecule has 0 aromatic rings. The molecule has 0 radical (unpaired) electrons. The standard InChI is InChI=1S/C5H14N2.ClH/c1-3-5(4-2)7-6;/h5,7H,3-4,6H2,1-2H3;1H. The minimum Gasteiger partial charge on any atom is -0.271 e. The number of hydrogen-bond donors (Lipinski definition) is 2. The Morgan fingerprint density at radius 2 is 1.75 bits per heavy atom. The highest BCUT2D eigenvalue weighted by Crippen LogP contribution is 1.91. The zero-order valence-electron chi connectivity index (χ0n) is 5.48. The highest BCUT2D eigenvalue weighted by molar-refractivity contribution is 5.85. The first-order chi connectivity index (χ1) is 3.35. The molecule has 0 amide bonds. The van der Waals surface area contributed by atoms with E-state index in [9.17, 15) is 0 Å². The zero-order chi connectivity index (χ0) is 5.70. The van der Waals surface area contributed by atoms with E-state index in [0.717, 1.165) is 12.8 Å². The molecule has 0 saturated carbocycles. The minimum atomic E-state index is 0. The predicted octanol–water partition coefficient (Wildman–Crippen LogP) is 1.06. The van der Waals surface area contributed by atoms with E-state index in [0.29, 0.717) is 6.04 Å². The molecule has 52 valence electrons. The van der Waals surface area contributed by atoms with Crippen LogP contribution in [-0.4, -0.2) is 6.04 Å². The number of halogens is 1. The van der Waals surface area contributed by atoms with Crippen molar-refractivity contribution in [3.8, 4) is 0 Å². The second kappa shape index (κ2) is 7.21. The molecule has 2 nitrogen and oxygen atoms in total. The molecule has 0 fully saturated rings. The summed E-state index contributed by atoms with van der Waals surface area (Å²) in [6, 6.07) is 0.514. The molecule has 3 N–H and O–H groups in total. The van der Waals surface area contributed by atoms with Crippen LogP contribution in [0.2, 0.25) is 0 Å². The van der Waals surface area contributed by atoms with E-state index < -0.39 is 0 Å². The van der Waals surface area contributed by atoms with Crippen LogP contribution in [0, 0.1) is 0 Å². The summed E-state index contributed by atoms with van der Waals surface area (Å²) in [5.41, 5.74) is 2.70. The van der Waals surface area contributed by atoms with E-state index in [1.165, 1.54) is 0 Å². The fourth-order valence-electron chi connectivity index (χ4n) is 0.524. The average Bonchev–Trinajstić information content (AvgIpc) is 1.72. The maximum atomic E-state index is 5.14. The third-order valence-electron chi connectivity index (χ3n) is 1.22. The molecule has 8 heavy (non-hydrogen) atoms. The van der Waals surface area contributed by atoms with Crippen molar-refractivity contribution >= 4 is 12.4 Å². The molecule has 0 rings (SSSR count). The van der Waals surface area contributed by atoms with Gasteiger partial charge in [0.15, 0.2) is 0 Å². The van der Waals surface area contributed by atoms with Crippen LogP contribution in [0.5, 0.6) is 0 Å². The Kier molecular flexibility index (Phi) is 9.97. The van der Waals surface area contributed by atoms with Gasteiger partial charge in [0.25, 0.3) is 0 Å². The van der Waals surface area contributed by atoms with Crippen molar-refractivity contribution in [3.05, 3.63) is 0 Å². The quantitative estimate of drug-likeness (QED) is 0.452. The molecule has 0 aliphatic heterocycles. The summed E-state index contributed by atoms with van der Waals surface area (Å²) >= 11 is 0. The van der Waals surface area contributed by atoms with E-state index >= 15 is 0 Å². The summed E-state index contributed by atoms with van der Waals surface area (Å²) in [5, 5.41) is 0. The van der Waals surface area contributed by atoms with Crippen molar-refractivity contribution in [3.63, 3.8) is 0 Å². The Balaban J connectivity index is 0. The smallest absolute Gasteiger partial charge is 0.0205 e. The lowest BCUT2D eigenvalue weighted by Crippen LogP contribution is -2.33. The summed E-state index contributed by atoms with van der Waals surface area (Å²) in [4.78, 5) is 0. The lowest BCUT2D eigenvalue weighted by Gasteiger charge is -2.07. The second-order valence-corrected chi connectivity index (χ2v) is 1.68. The second-order valence-electron chi connectivity index (χ2n) is 1.68. The van der Waals surface area contributed by atoms with Crippen molar-refractivity contribution < 1.29 is 0 Å². The molecule has 0 aliphatic rings. The van der Waals surface area contributed by atoms with Crippen LogP contribution >= 0.6 is 12.4 Å². The van der Waals surface area contributed by atoms with Gasteiger partial charge in [0, 0.05) is 6.04 Å². The van der Waals surface area contributed by atoms with Crippen LogP contribution in [-0.2, 0) is 0 Å². The maximum absolute atomic E-state index is 5.14. The molecule has 0 heterocycles. The summed E-state index contributed by atoms with van der Waals surface area (Å²) in [6.07, 6.45) is 2.24. The van der Waals surface area contributed by atoms with E-state index in [1.54, 1.807) is 0 Å². The van der Waals surface area contributed by atoms with Crippen molar-refractivity contribution in [2.75, 3.05) is 0 Å². The first kappa shape index (κ1) is 11.1. The van der Waals surface area contributed by atoms with Crippen LogP contribution in [0.25, 0.3) is 0 Å². The van der Waals surface area contributed by atoms with Gasteiger partial charge in [-0.3, -0.25) is 11.3 Å². The van der Waals surface area contributed by atoms with Gasteiger partial charge in [-0.15, -0.1) is 12.4 Å². The summed E-state index contributed by atoms with van der Waals surface area (Å²) in [6.45, 7) is 4.24. The number of rotatable bonds is 3. The molecular formula is C5H15ClN2. The van der Waals surface area contributed by atoms with Gasteiger partial charge in [-0.05, 0) is 12.8 Å². The monoisotopic (exact) mass is 138 g/mol. The van der Waals surface area contributed by atoms with E-state index in [2.05, 4.69) is 19.3 Å². The molecule has 3 heteroatoms. The molecule has 0 aromatic carbocycles. The van der Waals surface area contributed by atoms with E-state index in [4.69, 9.17) is 5.84 Å². The predicted molar refractivity (Wildman–Crippen MR) is 38.9 cm³/mol. The van der Waals surface area contributed by atoms with Gasteiger partial charge in [0.05, 0.1) is 0 Å². The fourth-order valence-corrected chi connectivity index (χ4v) is 0.524. The average molecular weight is 139 g/mol. The SMILES string of the molecule is CCC(CC)NN.Cl. The molecule has 0 unspecified atom stereocenters. The van der Waals surface area contributed by atoms with Crippen LogP contribution < -0.4 is 11.3 Å². The van der Waals surface area contributed by atoms with Gasteiger partial charge in [0.2, 0.25) is 0 Å². The third kappa shape index (κ3) is 4.37. The summed E-state index contributed by atoms with van der Waals surface area (Å²) < 4.78 is 0. The Labute approximate surface area is 57.2 Å². The van der Waals surface area contributed by atoms with Crippen LogP contribution in [0.3, 0.4) is 0 Å². The fraction of sp³-hybridized carbons (Fsp3) is 1.00. The van der Waals surface area contributed by atoms with Crippen molar-refractivity contribution in [2.24, 2.45) is 5.84 Å². The number of hydrazine groups is 1.